The zero-order valence-electron chi connectivity index (χ0n) is 17.4. The molecular weight excluding hydrogens is 420 g/mol. The maximum Gasteiger partial charge on any atom is 0.267 e. The summed E-state index contributed by atoms with van der Waals surface area (Å²) in [5, 5.41) is 3.22. The van der Waals surface area contributed by atoms with Gasteiger partial charge in [-0.2, -0.15) is 0 Å². The maximum absolute atomic E-state index is 13.2. The van der Waals surface area contributed by atoms with E-state index in [1.54, 1.807) is 17.2 Å². The average Bonchev–Trinajstić information content (AvgIpc) is 2.99. The Morgan fingerprint density at radius 1 is 1.30 bits per heavy atom. The molecular formula is C21H26N4O3S2. The Balaban J connectivity index is 1.97. The maximum atomic E-state index is 13.2. The Bertz CT molecular complexity index is 1050. The second-order valence-electron chi connectivity index (χ2n) is 6.92. The summed E-state index contributed by atoms with van der Waals surface area (Å²) in [6.07, 6.45) is 4.96. The van der Waals surface area contributed by atoms with Crippen LogP contribution >= 0.6 is 24.0 Å². The minimum Gasteiger partial charge on any atom is -0.382 e. The summed E-state index contributed by atoms with van der Waals surface area (Å²) in [6.45, 7) is 8.28. The molecule has 0 aliphatic carbocycles. The fourth-order valence-electron chi connectivity index (χ4n) is 3.06. The largest absolute Gasteiger partial charge is 0.382 e. The molecule has 0 unspecified atom stereocenters. The molecule has 30 heavy (non-hydrogen) atoms. The molecule has 1 amide bonds. The molecule has 2 aromatic heterocycles. The summed E-state index contributed by atoms with van der Waals surface area (Å²) in [5.74, 6) is 0.295. The first-order chi connectivity index (χ1) is 14.5. The fraction of sp³-hybridized carbons (Fsp3) is 0.429. The molecule has 9 heteroatoms. The number of aromatic nitrogens is 2. The van der Waals surface area contributed by atoms with Gasteiger partial charge in [0.2, 0.25) is 0 Å². The van der Waals surface area contributed by atoms with Gasteiger partial charge in [-0.3, -0.25) is 18.9 Å². The van der Waals surface area contributed by atoms with Gasteiger partial charge in [0, 0.05) is 32.5 Å². The Kier molecular flexibility index (Phi) is 7.63. The van der Waals surface area contributed by atoms with E-state index in [0.717, 1.165) is 12.0 Å². The number of amides is 1. The average molecular weight is 447 g/mol. The van der Waals surface area contributed by atoms with E-state index in [2.05, 4.69) is 10.3 Å². The van der Waals surface area contributed by atoms with E-state index in [9.17, 15) is 9.59 Å². The molecule has 0 bridgehead atoms. The van der Waals surface area contributed by atoms with Gasteiger partial charge in [0.25, 0.3) is 11.5 Å². The number of carbonyl (C=O) groups is 1. The predicted molar refractivity (Wildman–Crippen MR) is 126 cm³/mol. The fourth-order valence-corrected chi connectivity index (χ4v) is 4.35. The number of nitrogens with zero attached hydrogens (tertiary/aromatic N) is 3. The van der Waals surface area contributed by atoms with Gasteiger partial charge in [0.1, 0.15) is 15.8 Å². The molecule has 2 aromatic rings. The van der Waals surface area contributed by atoms with E-state index in [1.165, 1.54) is 16.2 Å². The molecule has 1 fully saturated rings. The van der Waals surface area contributed by atoms with Crippen LogP contribution < -0.4 is 10.9 Å². The van der Waals surface area contributed by atoms with E-state index < -0.39 is 0 Å². The Hall–Kier alpha value is -2.23. The van der Waals surface area contributed by atoms with Crippen LogP contribution in [0.1, 0.15) is 37.8 Å². The van der Waals surface area contributed by atoms with Crippen LogP contribution in [0.15, 0.2) is 28.0 Å². The van der Waals surface area contributed by atoms with Gasteiger partial charge in [-0.25, -0.2) is 4.98 Å². The smallest absolute Gasteiger partial charge is 0.267 e. The van der Waals surface area contributed by atoms with Crippen LogP contribution in [0, 0.1) is 6.92 Å². The number of carbonyl (C=O) groups excluding carboxylic acids is 1. The summed E-state index contributed by atoms with van der Waals surface area (Å²) >= 11 is 6.61. The molecule has 0 spiro atoms. The van der Waals surface area contributed by atoms with Crippen LogP contribution in [0.4, 0.5) is 5.82 Å². The molecule has 0 radical (unpaired) electrons. The van der Waals surface area contributed by atoms with Crippen molar-refractivity contribution in [3.05, 3.63) is 44.7 Å². The molecule has 1 N–H and O–H groups in total. The quantitative estimate of drug-likeness (QED) is 0.359. The molecule has 3 rings (SSSR count). The Labute approximate surface area is 185 Å². The molecule has 1 aliphatic heterocycles. The van der Waals surface area contributed by atoms with Gasteiger partial charge in [0.05, 0.1) is 10.5 Å². The number of aryl methyl sites for hydroxylation is 1. The lowest BCUT2D eigenvalue weighted by atomic mass is 10.2. The summed E-state index contributed by atoms with van der Waals surface area (Å²) in [7, 11) is 0. The molecule has 0 saturated carbocycles. The number of anilines is 1. The van der Waals surface area contributed by atoms with Crippen molar-refractivity contribution >= 4 is 51.7 Å². The number of ether oxygens (including phenoxy) is 1. The number of nitrogens with one attached hydrogen (secondary N) is 1. The number of hydrogen-bond donors (Lipinski definition) is 1. The van der Waals surface area contributed by atoms with Crippen molar-refractivity contribution in [3.8, 4) is 0 Å². The first kappa shape index (κ1) is 22.5. The zero-order chi connectivity index (χ0) is 21.7. The van der Waals surface area contributed by atoms with Crippen LogP contribution in [0.25, 0.3) is 11.7 Å². The highest BCUT2D eigenvalue weighted by molar-refractivity contribution is 8.26. The molecule has 0 aromatic carbocycles. The van der Waals surface area contributed by atoms with Gasteiger partial charge in [-0.15, -0.1) is 0 Å². The lowest BCUT2D eigenvalue weighted by Gasteiger charge is -2.14. The summed E-state index contributed by atoms with van der Waals surface area (Å²) in [4.78, 5) is 32.7. The monoisotopic (exact) mass is 446 g/mol. The first-order valence-corrected chi connectivity index (χ1v) is 11.3. The van der Waals surface area contributed by atoms with Crippen molar-refractivity contribution in [2.24, 2.45) is 0 Å². The van der Waals surface area contributed by atoms with Crippen molar-refractivity contribution in [1.29, 1.82) is 0 Å². The number of pyridine rings is 1. The number of hydrogen-bond acceptors (Lipinski definition) is 7. The third-order valence-electron chi connectivity index (χ3n) is 4.57. The second kappa shape index (κ2) is 10.2. The normalized spacial score (nSPS) is 15.6. The van der Waals surface area contributed by atoms with Crippen molar-refractivity contribution in [2.45, 2.75) is 33.6 Å². The molecule has 7 nitrogen and oxygen atoms in total. The Morgan fingerprint density at radius 2 is 2.10 bits per heavy atom. The third kappa shape index (κ3) is 4.91. The lowest BCUT2D eigenvalue weighted by Crippen LogP contribution is -2.29. The second-order valence-corrected chi connectivity index (χ2v) is 8.60. The number of thiocarbonyl (C=S) groups is 1. The van der Waals surface area contributed by atoms with Crippen molar-refractivity contribution in [2.75, 3.05) is 31.6 Å². The first-order valence-electron chi connectivity index (χ1n) is 10.1. The molecule has 1 saturated heterocycles. The molecule has 160 valence electrons. The van der Waals surface area contributed by atoms with Crippen molar-refractivity contribution < 1.29 is 9.53 Å². The van der Waals surface area contributed by atoms with Gasteiger partial charge >= 0.3 is 0 Å². The van der Waals surface area contributed by atoms with Crippen LogP contribution in [0.2, 0.25) is 0 Å². The highest BCUT2D eigenvalue weighted by Crippen LogP contribution is 2.33. The summed E-state index contributed by atoms with van der Waals surface area (Å²) < 4.78 is 7.35. The van der Waals surface area contributed by atoms with E-state index >= 15 is 0 Å². The van der Waals surface area contributed by atoms with E-state index in [4.69, 9.17) is 17.0 Å². The Morgan fingerprint density at radius 3 is 2.83 bits per heavy atom. The summed E-state index contributed by atoms with van der Waals surface area (Å²) in [6, 6.07) is 3.73. The summed E-state index contributed by atoms with van der Waals surface area (Å²) in [5.41, 5.74) is 1.65. The van der Waals surface area contributed by atoms with E-state index in [-0.39, 0.29) is 11.5 Å². The van der Waals surface area contributed by atoms with Gasteiger partial charge < -0.3 is 10.1 Å². The number of fused-ring (bicyclic) bond motifs is 1. The van der Waals surface area contributed by atoms with Crippen molar-refractivity contribution in [3.63, 3.8) is 0 Å². The van der Waals surface area contributed by atoms with Gasteiger partial charge in [0.15, 0.2) is 0 Å². The SMILES string of the molecule is CCCNc1nc2ccc(C)cn2c(=O)c1C=C1SC(=S)N(CCCOCC)C1=O. The molecule has 0 atom stereocenters. The number of rotatable bonds is 9. The zero-order valence-corrected chi connectivity index (χ0v) is 19.1. The van der Waals surface area contributed by atoms with E-state index in [1.807, 2.05) is 32.9 Å². The van der Waals surface area contributed by atoms with E-state index in [0.29, 0.717) is 59.0 Å². The highest BCUT2D eigenvalue weighted by atomic mass is 32.2. The van der Waals surface area contributed by atoms with Gasteiger partial charge in [-0.1, -0.05) is 37.0 Å². The topological polar surface area (TPSA) is 75.9 Å². The lowest BCUT2D eigenvalue weighted by molar-refractivity contribution is -0.122. The van der Waals surface area contributed by atoms with Crippen LogP contribution in [0.5, 0.6) is 0 Å². The van der Waals surface area contributed by atoms with Crippen LogP contribution in [0.3, 0.4) is 0 Å². The number of thioether (sulfide) groups is 1. The molecule has 1 aliphatic rings. The predicted octanol–water partition coefficient (Wildman–Crippen LogP) is 3.45. The molecule has 3 heterocycles. The van der Waals surface area contributed by atoms with Crippen LogP contribution in [-0.2, 0) is 9.53 Å². The van der Waals surface area contributed by atoms with Gasteiger partial charge in [-0.05, 0) is 44.4 Å². The minimum atomic E-state index is -0.219. The third-order valence-corrected chi connectivity index (χ3v) is 5.95. The highest BCUT2D eigenvalue weighted by Gasteiger charge is 2.32. The minimum absolute atomic E-state index is 0.184. The van der Waals surface area contributed by atoms with Crippen molar-refractivity contribution in [1.82, 2.24) is 14.3 Å². The van der Waals surface area contributed by atoms with Crippen LogP contribution in [-0.4, -0.2) is 50.8 Å². The standard InChI is InChI=1S/C21H26N4O3S2/c1-4-9-22-18-15(19(26)25-13-14(3)7-8-17(25)23-18)12-16-20(27)24(21(29)30-16)10-6-11-28-5-2/h7-8,12-13,22H,4-6,9-11H2,1-3H3.